The lowest BCUT2D eigenvalue weighted by molar-refractivity contribution is -0.137. The molecule has 1 saturated heterocycles. The molecule has 8 heteroatoms. The molecule has 0 aliphatic carbocycles. The van der Waals surface area contributed by atoms with Crippen molar-refractivity contribution in [2.24, 2.45) is 5.73 Å². The van der Waals surface area contributed by atoms with E-state index in [1.54, 1.807) is 12.1 Å². The minimum Gasteiger partial charge on any atom is -0.450 e. The predicted octanol–water partition coefficient (Wildman–Crippen LogP) is 0.305. The van der Waals surface area contributed by atoms with E-state index in [4.69, 9.17) is 15.6 Å². The summed E-state index contributed by atoms with van der Waals surface area (Å²) in [6.07, 6.45) is -2.22. The molecule has 1 aromatic rings. The highest BCUT2D eigenvalue weighted by atomic mass is 16.7. The maximum atomic E-state index is 12.2. The monoisotopic (exact) mass is 321 g/mol. The second-order valence-electron chi connectivity index (χ2n) is 5.36. The van der Waals surface area contributed by atoms with Gasteiger partial charge in [-0.1, -0.05) is 17.7 Å². The summed E-state index contributed by atoms with van der Waals surface area (Å²) >= 11 is 0. The van der Waals surface area contributed by atoms with Crippen LogP contribution in [0.5, 0.6) is 0 Å². The van der Waals surface area contributed by atoms with Crippen LogP contribution in [0.2, 0.25) is 0 Å². The smallest absolute Gasteiger partial charge is 0.450 e. The van der Waals surface area contributed by atoms with E-state index < -0.39 is 24.3 Å². The molecule has 4 N–H and O–H groups in total. The number of hydrogen-bond acceptors (Lipinski definition) is 5. The summed E-state index contributed by atoms with van der Waals surface area (Å²) in [6, 6.07) is 6.65. The van der Waals surface area contributed by atoms with E-state index in [9.17, 15) is 14.4 Å². The number of ether oxygens (including phenoxy) is 1. The summed E-state index contributed by atoms with van der Waals surface area (Å²) in [5, 5.41) is 11.5. The van der Waals surface area contributed by atoms with Gasteiger partial charge in [-0.05, 0) is 19.1 Å². The van der Waals surface area contributed by atoms with Gasteiger partial charge in [-0.15, -0.1) is 0 Å². The molecule has 8 nitrogen and oxygen atoms in total. The molecular weight excluding hydrogens is 302 g/mol. The van der Waals surface area contributed by atoms with Gasteiger partial charge >= 0.3 is 6.16 Å². The zero-order valence-corrected chi connectivity index (χ0v) is 12.7. The van der Waals surface area contributed by atoms with E-state index in [1.165, 1.54) is 4.90 Å². The molecule has 1 aromatic carbocycles. The third kappa shape index (κ3) is 4.19. The van der Waals surface area contributed by atoms with Crippen molar-refractivity contribution in [3.05, 3.63) is 35.4 Å². The Labute approximate surface area is 133 Å². The highest BCUT2D eigenvalue weighted by Crippen LogP contribution is 2.20. The molecule has 0 saturated carbocycles. The normalized spacial score (nSPS) is 20.2. The molecule has 0 unspecified atom stereocenters. The lowest BCUT2D eigenvalue weighted by atomic mass is 10.1. The van der Waals surface area contributed by atoms with Gasteiger partial charge in [0.1, 0.15) is 0 Å². The predicted molar refractivity (Wildman–Crippen MR) is 80.7 cm³/mol. The summed E-state index contributed by atoms with van der Waals surface area (Å²) < 4.78 is 4.69. The van der Waals surface area contributed by atoms with Gasteiger partial charge < -0.3 is 25.8 Å². The van der Waals surface area contributed by atoms with Crippen LogP contribution in [0, 0.1) is 6.92 Å². The lowest BCUT2D eigenvalue weighted by Gasteiger charge is -2.22. The highest BCUT2D eigenvalue weighted by molar-refractivity contribution is 5.94. The second-order valence-corrected chi connectivity index (χ2v) is 5.36. The van der Waals surface area contributed by atoms with Crippen molar-refractivity contribution >= 4 is 18.0 Å². The summed E-state index contributed by atoms with van der Waals surface area (Å²) in [7, 11) is 0. The number of carbonyl (C=O) groups is 3. The van der Waals surface area contributed by atoms with Crippen LogP contribution in [0.15, 0.2) is 24.3 Å². The Kier molecular flexibility index (Phi) is 5.17. The largest absolute Gasteiger partial charge is 0.507 e. The molecule has 2 rings (SSSR count). The Morgan fingerprint density at radius 3 is 2.57 bits per heavy atom. The average molecular weight is 321 g/mol. The minimum absolute atomic E-state index is 0.158. The van der Waals surface area contributed by atoms with E-state index >= 15 is 0 Å². The Balaban J connectivity index is 2.03. The first-order valence-corrected chi connectivity index (χ1v) is 7.17. The molecule has 0 aromatic heterocycles. The van der Waals surface area contributed by atoms with Gasteiger partial charge in [-0.3, -0.25) is 9.59 Å². The number of nitrogens with one attached hydrogen (secondary N) is 1. The van der Waals surface area contributed by atoms with Gasteiger partial charge in [0, 0.05) is 18.5 Å². The SMILES string of the molecule is Cc1ccc(C(=O)N[C@H]2C[C@H](OC(=O)O)N(C(=O)CN)C2)cc1. The van der Waals surface area contributed by atoms with Crippen molar-refractivity contribution in [3.63, 3.8) is 0 Å². The summed E-state index contributed by atoms with van der Waals surface area (Å²) in [4.78, 5) is 35.9. The molecule has 0 radical (unpaired) electrons. The lowest BCUT2D eigenvalue weighted by Crippen LogP contribution is -2.43. The van der Waals surface area contributed by atoms with Crippen LogP contribution in [-0.2, 0) is 9.53 Å². The molecule has 1 aliphatic rings. The van der Waals surface area contributed by atoms with E-state index in [0.717, 1.165) is 5.56 Å². The van der Waals surface area contributed by atoms with Crippen molar-refractivity contribution in [1.29, 1.82) is 0 Å². The summed E-state index contributed by atoms with van der Waals surface area (Å²) in [6.45, 7) is 1.83. The number of rotatable bonds is 4. The van der Waals surface area contributed by atoms with E-state index in [-0.39, 0.29) is 25.4 Å². The number of hydrogen-bond donors (Lipinski definition) is 3. The van der Waals surface area contributed by atoms with Crippen molar-refractivity contribution in [2.45, 2.75) is 25.6 Å². The molecule has 1 heterocycles. The van der Waals surface area contributed by atoms with Crippen molar-refractivity contribution in [1.82, 2.24) is 10.2 Å². The van der Waals surface area contributed by atoms with Crippen LogP contribution in [0.25, 0.3) is 0 Å². The van der Waals surface area contributed by atoms with Gasteiger partial charge in [0.05, 0.1) is 12.6 Å². The van der Waals surface area contributed by atoms with Crippen LogP contribution in [-0.4, -0.2) is 53.3 Å². The Hall–Kier alpha value is -2.61. The topological polar surface area (TPSA) is 122 Å². The molecular formula is C15H19N3O5. The first-order valence-electron chi connectivity index (χ1n) is 7.17. The van der Waals surface area contributed by atoms with Gasteiger partial charge in [0.25, 0.3) is 5.91 Å². The van der Waals surface area contributed by atoms with Crippen molar-refractivity contribution in [3.8, 4) is 0 Å². The summed E-state index contributed by atoms with van der Waals surface area (Å²) in [5.74, 6) is -0.713. The van der Waals surface area contributed by atoms with Gasteiger partial charge in [-0.2, -0.15) is 0 Å². The van der Waals surface area contributed by atoms with Crippen LogP contribution in [0.4, 0.5) is 4.79 Å². The number of benzene rings is 1. The highest BCUT2D eigenvalue weighted by Gasteiger charge is 2.38. The maximum Gasteiger partial charge on any atom is 0.507 e. The third-order valence-electron chi connectivity index (χ3n) is 3.63. The molecule has 124 valence electrons. The molecule has 2 atom stereocenters. The fourth-order valence-electron chi connectivity index (χ4n) is 2.49. The fraction of sp³-hybridized carbons (Fsp3) is 0.400. The molecule has 0 bridgehead atoms. The van der Waals surface area contributed by atoms with Crippen LogP contribution < -0.4 is 11.1 Å². The number of likely N-dealkylation sites (tertiary alicyclic amines) is 1. The van der Waals surface area contributed by atoms with Crippen molar-refractivity contribution in [2.75, 3.05) is 13.1 Å². The standard InChI is InChI=1S/C15H19N3O5/c1-9-2-4-10(5-3-9)14(20)17-11-6-13(23-15(21)22)18(8-11)12(19)7-16/h2-5,11,13H,6-8,16H2,1H3,(H,17,20)(H,21,22)/t11-,13-/m0/s1. The average Bonchev–Trinajstić information content (AvgIpc) is 2.88. The van der Waals surface area contributed by atoms with Crippen LogP contribution in [0.1, 0.15) is 22.3 Å². The number of carbonyl (C=O) groups excluding carboxylic acids is 2. The first-order chi connectivity index (χ1) is 10.9. The van der Waals surface area contributed by atoms with E-state index in [2.05, 4.69) is 5.32 Å². The summed E-state index contributed by atoms with van der Waals surface area (Å²) in [5.41, 5.74) is 6.85. The van der Waals surface area contributed by atoms with Crippen LogP contribution in [0.3, 0.4) is 0 Å². The molecule has 2 amide bonds. The van der Waals surface area contributed by atoms with Gasteiger partial charge in [0.2, 0.25) is 5.91 Å². The zero-order chi connectivity index (χ0) is 17.0. The Morgan fingerprint density at radius 1 is 1.35 bits per heavy atom. The molecule has 23 heavy (non-hydrogen) atoms. The third-order valence-corrected chi connectivity index (χ3v) is 3.63. The first kappa shape index (κ1) is 16.8. The molecule has 1 aliphatic heterocycles. The van der Waals surface area contributed by atoms with E-state index in [0.29, 0.717) is 5.56 Å². The minimum atomic E-state index is -1.48. The number of nitrogens with zero attached hydrogens (tertiary/aromatic N) is 1. The van der Waals surface area contributed by atoms with E-state index in [1.807, 2.05) is 19.1 Å². The van der Waals surface area contributed by atoms with Crippen LogP contribution >= 0.6 is 0 Å². The fourth-order valence-corrected chi connectivity index (χ4v) is 2.49. The Bertz CT molecular complexity index is 602. The number of aryl methyl sites for hydroxylation is 1. The van der Waals surface area contributed by atoms with Gasteiger partial charge in [-0.25, -0.2) is 4.79 Å². The number of carboxylic acid groups (broad SMARTS) is 1. The number of nitrogens with two attached hydrogens (primary N) is 1. The van der Waals surface area contributed by atoms with Crippen molar-refractivity contribution < 1.29 is 24.2 Å². The quantitative estimate of drug-likeness (QED) is 0.686. The Morgan fingerprint density at radius 2 is 2.00 bits per heavy atom. The molecule has 1 fully saturated rings. The van der Waals surface area contributed by atoms with Gasteiger partial charge in [0.15, 0.2) is 6.23 Å². The maximum absolute atomic E-state index is 12.2. The molecule has 0 spiro atoms. The zero-order valence-electron chi connectivity index (χ0n) is 12.7. The number of amides is 2. The second kappa shape index (κ2) is 7.10.